The third-order valence-corrected chi connectivity index (χ3v) is 5.53. The maximum atomic E-state index is 13.0. The van der Waals surface area contributed by atoms with Gasteiger partial charge in [0.25, 0.3) is 0 Å². The van der Waals surface area contributed by atoms with Crippen LogP contribution in [0.25, 0.3) is 0 Å². The Bertz CT molecular complexity index is 725. The molecule has 0 unspecified atom stereocenters. The van der Waals surface area contributed by atoms with Gasteiger partial charge in [0.2, 0.25) is 5.91 Å². The molecule has 1 aromatic carbocycles. The predicted octanol–water partition coefficient (Wildman–Crippen LogP) is 3.15. The first-order valence-electron chi connectivity index (χ1n) is 9.00. The summed E-state index contributed by atoms with van der Waals surface area (Å²) in [6, 6.07) is 9.88. The number of carbonyl (C=O) groups excluding carboxylic acids is 1. The Morgan fingerprint density at radius 1 is 1.35 bits per heavy atom. The minimum absolute atomic E-state index is 0.131. The number of nitrogens with two attached hydrogens (primary N) is 1. The molecule has 3 rings (SSSR count). The lowest BCUT2D eigenvalue weighted by molar-refractivity contribution is -0.132. The lowest BCUT2D eigenvalue weighted by Gasteiger charge is -2.28. The second-order valence-corrected chi connectivity index (χ2v) is 7.98. The fourth-order valence-corrected chi connectivity index (χ4v) is 4.03. The van der Waals surface area contributed by atoms with E-state index in [4.69, 9.17) is 10.5 Å². The van der Waals surface area contributed by atoms with E-state index in [9.17, 15) is 4.79 Å². The van der Waals surface area contributed by atoms with Gasteiger partial charge in [0.1, 0.15) is 0 Å². The molecule has 1 atom stereocenters. The van der Waals surface area contributed by atoms with Crippen LogP contribution in [-0.4, -0.2) is 44.2 Å². The van der Waals surface area contributed by atoms with Gasteiger partial charge < -0.3 is 20.3 Å². The van der Waals surface area contributed by atoms with Crippen LogP contribution in [0.4, 0.5) is 11.4 Å². The molecule has 140 valence electrons. The van der Waals surface area contributed by atoms with Crippen molar-refractivity contribution in [3.05, 3.63) is 46.2 Å². The number of anilines is 2. The summed E-state index contributed by atoms with van der Waals surface area (Å²) in [5.41, 5.74) is 8.87. The molecule has 5 nitrogen and oxygen atoms in total. The first-order chi connectivity index (χ1) is 12.5. The monoisotopic (exact) mass is 373 g/mol. The van der Waals surface area contributed by atoms with Crippen molar-refractivity contribution in [2.24, 2.45) is 0 Å². The van der Waals surface area contributed by atoms with E-state index in [-0.39, 0.29) is 12.0 Å². The summed E-state index contributed by atoms with van der Waals surface area (Å²) in [5, 5.41) is 2.01. The first-order valence-corrected chi connectivity index (χ1v) is 9.88. The molecular weight excluding hydrogens is 346 g/mol. The Balaban J connectivity index is 1.80. The summed E-state index contributed by atoms with van der Waals surface area (Å²) in [5.74, 6) is 0.134. The lowest BCUT2D eigenvalue weighted by Crippen LogP contribution is -2.38. The van der Waals surface area contributed by atoms with Gasteiger partial charge in [0, 0.05) is 50.0 Å². The Hall–Kier alpha value is -2.05. The van der Waals surface area contributed by atoms with Crippen LogP contribution in [0.2, 0.25) is 0 Å². The first kappa shape index (κ1) is 18.7. The Kier molecular flexibility index (Phi) is 6.16. The maximum Gasteiger partial charge on any atom is 0.228 e. The molecule has 0 radical (unpaired) electrons. The summed E-state index contributed by atoms with van der Waals surface area (Å²) < 4.78 is 5.78. The molecule has 1 aliphatic heterocycles. The van der Waals surface area contributed by atoms with Gasteiger partial charge in [-0.2, -0.15) is 0 Å². The molecular formula is C20H27N3O2S. The predicted molar refractivity (Wildman–Crippen MR) is 108 cm³/mol. The summed E-state index contributed by atoms with van der Waals surface area (Å²) in [7, 11) is 4.01. The Labute approximate surface area is 159 Å². The van der Waals surface area contributed by atoms with Crippen LogP contribution in [0, 0.1) is 0 Å². The smallest absolute Gasteiger partial charge is 0.228 e. The second kappa shape index (κ2) is 8.56. The summed E-state index contributed by atoms with van der Waals surface area (Å²) in [6.07, 6.45) is 2.65. The topological polar surface area (TPSA) is 58.8 Å². The fourth-order valence-electron chi connectivity index (χ4n) is 3.34. The molecule has 0 spiro atoms. The number of ether oxygens (including phenoxy) is 1. The summed E-state index contributed by atoms with van der Waals surface area (Å²) in [6.45, 7) is 1.97. The van der Waals surface area contributed by atoms with Crippen molar-refractivity contribution in [1.82, 2.24) is 4.90 Å². The van der Waals surface area contributed by atoms with Crippen molar-refractivity contribution < 1.29 is 9.53 Å². The largest absolute Gasteiger partial charge is 0.399 e. The van der Waals surface area contributed by atoms with E-state index in [2.05, 4.69) is 4.90 Å². The highest BCUT2D eigenvalue weighted by molar-refractivity contribution is 7.10. The van der Waals surface area contributed by atoms with Gasteiger partial charge >= 0.3 is 0 Å². The fraction of sp³-hybridized carbons (Fsp3) is 0.450. The average molecular weight is 374 g/mol. The molecule has 1 fully saturated rings. The standard InChI is InChI=1S/C20H27N3O2S/c1-22(2)19-8-7-16(21)11-15(19)13-23(14-17-5-3-9-25-17)20(24)12-18-6-4-10-26-18/h4,6-8,10-11,17H,3,5,9,12-14,21H2,1-2H3/t17-/m1/s1. The third-order valence-electron chi connectivity index (χ3n) is 4.65. The maximum absolute atomic E-state index is 13.0. The lowest BCUT2D eigenvalue weighted by atomic mass is 10.1. The highest BCUT2D eigenvalue weighted by Crippen LogP contribution is 2.25. The number of hydrogen-bond donors (Lipinski definition) is 1. The van der Waals surface area contributed by atoms with Crippen molar-refractivity contribution in [3.63, 3.8) is 0 Å². The molecule has 6 heteroatoms. The quantitative estimate of drug-likeness (QED) is 0.758. The van der Waals surface area contributed by atoms with Crippen molar-refractivity contribution in [3.8, 4) is 0 Å². The number of hydrogen-bond acceptors (Lipinski definition) is 5. The minimum atomic E-state index is 0.131. The molecule has 0 bridgehead atoms. The van der Waals surface area contributed by atoms with E-state index in [1.54, 1.807) is 11.3 Å². The molecule has 2 aromatic rings. The average Bonchev–Trinajstić information content (AvgIpc) is 3.28. The zero-order valence-electron chi connectivity index (χ0n) is 15.5. The Morgan fingerprint density at radius 2 is 2.19 bits per heavy atom. The zero-order chi connectivity index (χ0) is 18.5. The van der Waals surface area contributed by atoms with E-state index in [1.807, 2.05) is 54.7 Å². The van der Waals surface area contributed by atoms with Crippen LogP contribution < -0.4 is 10.6 Å². The number of carbonyl (C=O) groups is 1. The van der Waals surface area contributed by atoms with Crippen LogP contribution in [0.3, 0.4) is 0 Å². The van der Waals surface area contributed by atoms with Crippen molar-refractivity contribution in [2.45, 2.75) is 31.9 Å². The van der Waals surface area contributed by atoms with Gasteiger partial charge in [-0.05, 0) is 48.1 Å². The van der Waals surface area contributed by atoms with E-state index in [0.717, 1.165) is 35.6 Å². The van der Waals surface area contributed by atoms with Gasteiger partial charge in [0.05, 0.1) is 12.5 Å². The van der Waals surface area contributed by atoms with Crippen LogP contribution in [0.5, 0.6) is 0 Å². The van der Waals surface area contributed by atoms with Crippen molar-refractivity contribution in [2.75, 3.05) is 37.9 Å². The van der Waals surface area contributed by atoms with Crippen molar-refractivity contribution in [1.29, 1.82) is 0 Å². The van der Waals surface area contributed by atoms with Gasteiger partial charge in [-0.3, -0.25) is 4.79 Å². The van der Waals surface area contributed by atoms with Crippen molar-refractivity contribution >= 4 is 28.6 Å². The van der Waals surface area contributed by atoms with E-state index < -0.39 is 0 Å². The van der Waals surface area contributed by atoms with Gasteiger partial charge in [-0.15, -0.1) is 11.3 Å². The second-order valence-electron chi connectivity index (χ2n) is 6.95. The van der Waals surface area contributed by atoms with Crippen LogP contribution in [0.1, 0.15) is 23.3 Å². The van der Waals surface area contributed by atoms with E-state index in [1.165, 1.54) is 0 Å². The number of thiophene rings is 1. The normalized spacial score (nSPS) is 16.6. The van der Waals surface area contributed by atoms with Gasteiger partial charge in [-0.25, -0.2) is 0 Å². The SMILES string of the molecule is CN(C)c1ccc(N)cc1CN(C[C@H]1CCCO1)C(=O)Cc1cccs1. The number of amides is 1. The van der Waals surface area contributed by atoms with E-state index in [0.29, 0.717) is 25.2 Å². The molecule has 1 saturated heterocycles. The zero-order valence-corrected chi connectivity index (χ0v) is 16.3. The minimum Gasteiger partial charge on any atom is -0.399 e. The molecule has 2 N–H and O–H groups in total. The Morgan fingerprint density at radius 3 is 2.85 bits per heavy atom. The molecule has 0 aliphatic carbocycles. The molecule has 1 amide bonds. The van der Waals surface area contributed by atoms with Gasteiger partial charge in [0.15, 0.2) is 0 Å². The highest BCUT2D eigenvalue weighted by Gasteiger charge is 2.24. The number of benzene rings is 1. The van der Waals surface area contributed by atoms with Crippen LogP contribution in [-0.2, 0) is 22.5 Å². The number of nitrogens with zero attached hydrogens (tertiary/aromatic N) is 2. The molecule has 2 heterocycles. The number of rotatable bonds is 7. The summed E-state index contributed by atoms with van der Waals surface area (Å²) >= 11 is 1.62. The van der Waals surface area contributed by atoms with Gasteiger partial charge in [-0.1, -0.05) is 6.07 Å². The molecule has 26 heavy (non-hydrogen) atoms. The number of nitrogen functional groups attached to an aromatic ring is 1. The molecule has 1 aliphatic rings. The molecule has 1 aromatic heterocycles. The molecule has 0 saturated carbocycles. The van der Waals surface area contributed by atoms with Crippen LogP contribution in [0.15, 0.2) is 35.7 Å². The third kappa shape index (κ3) is 4.77. The highest BCUT2D eigenvalue weighted by atomic mass is 32.1. The summed E-state index contributed by atoms with van der Waals surface area (Å²) in [4.78, 5) is 18.1. The van der Waals surface area contributed by atoms with E-state index >= 15 is 0 Å². The van der Waals surface area contributed by atoms with Crippen LogP contribution >= 0.6 is 11.3 Å².